The fraction of sp³-hybridized carbons (Fsp3) is 0.267. The van der Waals surface area contributed by atoms with Crippen LogP contribution in [0.15, 0.2) is 54.0 Å². The van der Waals surface area contributed by atoms with Crippen LogP contribution in [0.3, 0.4) is 0 Å². The van der Waals surface area contributed by atoms with Crippen LogP contribution in [-0.2, 0) is 0 Å². The fourth-order valence-corrected chi connectivity index (χ4v) is 5.36. The van der Waals surface area contributed by atoms with Crippen LogP contribution in [0.25, 0.3) is 21.2 Å². The lowest BCUT2D eigenvalue weighted by molar-refractivity contribution is 0.200. The number of hydrogen-bond donors (Lipinski definition) is 3. The minimum Gasteiger partial charge on any atom is -0.383 e. The molecule has 196 valence electrons. The van der Waals surface area contributed by atoms with Crippen LogP contribution in [0.5, 0.6) is 0 Å². The first-order valence-electron chi connectivity index (χ1n) is 12.5. The Morgan fingerprint density at radius 2 is 1.82 bits per heavy atom. The number of nitrogens with one attached hydrogen (secondary N) is 2. The summed E-state index contributed by atoms with van der Waals surface area (Å²) in [7, 11) is 0. The van der Waals surface area contributed by atoms with E-state index in [0.717, 1.165) is 32.3 Å². The Kier molecular flexibility index (Phi) is 8.30. The van der Waals surface area contributed by atoms with Gasteiger partial charge in [0.2, 0.25) is 0 Å². The Morgan fingerprint density at radius 1 is 1.11 bits per heavy atom. The van der Waals surface area contributed by atoms with Crippen molar-refractivity contribution in [1.82, 2.24) is 9.88 Å². The van der Waals surface area contributed by atoms with Gasteiger partial charge in [0.05, 0.1) is 22.5 Å². The maximum absolute atomic E-state index is 14.0. The highest BCUT2D eigenvalue weighted by molar-refractivity contribution is 7.18. The van der Waals surface area contributed by atoms with E-state index in [1.54, 1.807) is 41.8 Å². The number of benzene rings is 2. The fourth-order valence-electron chi connectivity index (χ4n) is 4.31. The molecule has 0 atom stereocenters. The third-order valence-electron chi connectivity index (χ3n) is 6.26. The van der Waals surface area contributed by atoms with Gasteiger partial charge in [0.25, 0.3) is 0 Å². The molecule has 4 N–H and O–H groups in total. The smallest absolute Gasteiger partial charge is 0.323 e. The summed E-state index contributed by atoms with van der Waals surface area (Å²) < 4.78 is 15.0. The first kappa shape index (κ1) is 27.1. The molecule has 4 rings (SSSR count). The number of pyridine rings is 1. The summed E-state index contributed by atoms with van der Waals surface area (Å²) in [5, 5.41) is 8.22. The zero-order chi connectivity index (χ0) is 27.4. The second kappa shape index (κ2) is 11.6. The average Bonchev–Trinajstić information content (AvgIpc) is 3.31. The second-order valence-corrected chi connectivity index (χ2v) is 10.6. The van der Waals surface area contributed by atoms with E-state index in [9.17, 15) is 9.18 Å². The van der Waals surface area contributed by atoms with E-state index in [1.165, 1.54) is 6.07 Å². The van der Waals surface area contributed by atoms with Crippen LogP contribution >= 0.6 is 11.3 Å². The van der Waals surface area contributed by atoms with Crippen molar-refractivity contribution in [2.24, 2.45) is 0 Å². The van der Waals surface area contributed by atoms with Crippen molar-refractivity contribution in [2.75, 3.05) is 22.9 Å². The number of carbonyl (C=O) groups excluding carboxylic acids is 1. The minimum absolute atomic E-state index is 0.131. The van der Waals surface area contributed by atoms with Gasteiger partial charge in [-0.25, -0.2) is 14.2 Å². The summed E-state index contributed by atoms with van der Waals surface area (Å²) >= 11 is 1.59. The highest BCUT2D eigenvalue weighted by Crippen LogP contribution is 2.38. The van der Waals surface area contributed by atoms with Crippen LogP contribution < -0.4 is 16.4 Å². The molecule has 0 aliphatic heterocycles. The number of anilines is 3. The number of rotatable bonds is 6. The van der Waals surface area contributed by atoms with Crippen molar-refractivity contribution in [3.63, 3.8) is 0 Å². The molecular weight excluding hydrogens is 497 g/mol. The minimum atomic E-state index is -0.520. The number of amides is 2. The molecule has 0 bridgehead atoms. The Labute approximate surface area is 227 Å². The van der Waals surface area contributed by atoms with Gasteiger partial charge >= 0.3 is 6.03 Å². The zero-order valence-corrected chi connectivity index (χ0v) is 23.0. The maximum atomic E-state index is 14.0. The van der Waals surface area contributed by atoms with Gasteiger partial charge in [-0.2, -0.15) is 0 Å². The van der Waals surface area contributed by atoms with Crippen LogP contribution in [0.1, 0.15) is 38.8 Å². The summed E-state index contributed by atoms with van der Waals surface area (Å²) in [4.78, 5) is 19.1. The molecule has 0 spiro atoms. The highest BCUT2D eigenvalue weighted by atomic mass is 32.1. The third-order valence-corrected chi connectivity index (χ3v) is 7.27. The number of thiophene rings is 1. The molecule has 38 heavy (non-hydrogen) atoms. The van der Waals surface area contributed by atoms with E-state index in [0.29, 0.717) is 30.1 Å². The van der Waals surface area contributed by atoms with Crippen LogP contribution in [0, 0.1) is 24.6 Å². The zero-order valence-electron chi connectivity index (χ0n) is 22.2. The third kappa shape index (κ3) is 6.13. The molecular formula is C30H32FN5OS. The molecule has 0 saturated heterocycles. The number of halogens is 1. The summed E-state index contributed by atoms with van der Waals surface area (Å²) in [5.74, 6) is 6.57. The molecule has 0 aliphatic rings. The van der Waals surface area contributed by atoms with E-state index in [4.69, 9.17) is 5.73 Å². The Hall–Kier alpha value is -3.93. The molecule has 0 fully saturated rings. The lowest BCUT2D eigenvalue weighted by atomic mass is 10.0. The molecule has 0 aliphatic carbocycles. The molecule has 0 unspecified atom stereocenters. The number of fused-ring (bicyclic) bond motifs is 1. The number of nitrogens with zero attached hydrogens (tertiary/aromatic N) is 2. The van der Waals surface area contributed by atoms with Crippen molar-refractivity contribution in [3.8, 4) is 23.0 Å². The molecule has 8 heteroatoms. The van der Waals surface area contributed by atoms with Gasteiger partial charge in [-0.15, -0.1) is 11.3 Å². The van der Waals surface area contributed by atoms with E-state index in [1.807, 2.05) is 19.1 Å². The summed E-state index contributed by atoms with van der Waals surface area (Å²) in [6, 6.07) is 12.3. The van der Waals surface area contributed by atoms with Crippen LogP contribution in [0.4, 0.5) is 26.4 Å². The summed E-state index contributed by atoms with van der Waals surface area (Å²) in [6.07, 6.45) is 1.74. The topological polar surface area (TPSA) is 83.3 Å². The number of nitrogen functional groups attached to an aromatic ring is 1. The van der Waals surface area contributed by atoms with Gasteiger partial charge in [-0.1, -0.05) is 30.0 Å². The Morgan fingerprint density at radius 3 is 2.50 bits per heavy atom. The lowest BCUT2D eigenvalue weighted by Crippen LogP contribution is -2.37. The normalized spacial score (nSPS) is 11.2. The van der Waals surface area contributed by atoms with E-state index in [-0.39, 0.29) is 5.69 Å². The molecule has 0 saturated carbocycles. The Bertz CT molecular complexity index is 1510. The molecule has 2 heterocycles. The Balaban J connectivity index is 1.53. The van der Waals surface area contributed by atoms with Crippen molar-refractivity contribution in [3.05, 3.63) is 71.0 Å². The first-order chi connectivity index (χ1) is 18.1. The monoisotopic (exact) mass is 529 g/mol. The van der Waals surface area contributed by atoms with E-state index >= 15 is 0 Å². The molecule has 4 aromatic rings. The van der Waals surface area contributed by atoms with Crippen molar-refractivity contribution >= 4 is 44.6 Å². The SMILES string of the molecule is Cc1ccc(F)c(NC(=O)Nc2ccc(-c3csc4c(C#CCN(C(C)C)C(C)C)cnc(N)c34)cc2)c1. The van der Waals surface area contributed by atoms with Gasteiger partial charge in [-0.05, 0) is 75.4 Å². The van der Waals surface area contributed by atoms with Gasteiger partial charge in [-0.3, -0.25) is 4.90 Å². The molecule has 0 radical (unpaired) electrons. The predicted molar refractivity (Wildman–Crippen MR) is 157 cm³/mol. The van der Waals surface area contributed by atoms with E-state index < -0.39 is 11.8 Å². The van der Waals surface area contributed by atoms with Crippen molar-refractivity contribution in [1.29, 1.82) is 0 Å². The second-order valence-electron chi connectivity index (χ2n) is 9.71. The van der Waals surface area contributed by atoms with Gasteiger partial charge < -0.3 is 16.4 Å². The quantitative estimate of drug-likeness (QED) is 0.233. The molecule has 2 aromatic heterocycles. The summed E-state index contributed by atoms with van der Waals surface area (Å²) in [5.41, 5.74) is 10.6. The van der Waals surface area contributed by atoms with Gasteiger partial charge in [0.15, 0.2) is 0 Å². The number of carbonyl (C=O) groups is 1. The van der Waals surface area contributed by atoms with Crippen LogP contribution in [-0.4, -0.2) is 34.5 Å². The molecule has 2 aromatic carbocycles. The first-order valence-corrected chi connectivity index (χ1v) is 13.4. The predicted octanol–water partition coefficient (Wildman–Crippen LogP) is 7.11. The van der Waals surface area contributed by atoms with Gasteiger partial charge in [0, 0.05) is 34.9 Å². The largest absolute Gasteiger partial charge is 0.383 e. The van der Waals surface area contributed by atoms with Crippen LogP contribution in [0.2, 0.25) is 0 Å². The standard InChI is InChI=1S/C30H32FN5OS/c1-18(2)36(19(3)4)14-6-7-22-16-33-29(32)27-24(17-38-28(22)27)21-9-11-23(12-10-21)34-30(37)35-26-15-20(5)8-13-25(26)31/h8-13,15-19H,14H2,1-5H3,(H2,32,33)(H2,34,35,37). The number of nitrogens with two attached hydrogens (primary N) is 1. The van der Waals surface area contributed by atoms with Crippen molar-refractivity contribution in [2.45, 2.75) is 46.7 Å². The average molecular weight is 530 g/mol. The number of urea groups is 1. The summed E-state index contributed by atoms with van der Waals surface area (Å²) in [6.45, 7) is 11.2. The highest BCUT2D eigenvalue weighted by Gasteiger charge is 2.15. The van der Waals surface area contributed by atoms with Gasteiger partial charge in [0.1, 0.15) is 11.6 Å². The van der Waals surface area contributed by atoms with E-state index in [2.05, 4.69) is 65.4 Å². The lowest BCUT2D eigenvalue weighted by Gasteiger charge is -2.28. The van der Waals surface area contributed by atoms with Crippen molar-refractivity contribution < 1.29 is 9.18 Å². The molecule has 6 nitrogen and oxygen atoms in total. The molecule has 2 amide bonds. The number of aryl methyl sites for hydroxylation is 1. The number of aromatic nitrogens is 1. The maximum Gasteiger partial charge on any atom is 0.323 e. The number of hydrogen-bond acceptors (Lipinski definition) is 5.